The minimum atomic E-state index is -0.241. The zero-order valence-electron chi connectivity index (χ0n) is 15.9. The van der Waals surface area contributed by atoms with Crippen molar-refractivity contribution in [3.63, 3.8) is 0 Å². The number of nitrogen functional groups attached to an aromatic ring is 2. The SMILES string of the molecule is Cn1ncc(-c2nc(C3(c4ccc(-c5cnc(N)nc5)cc4)CCC3)no2)c1N. The summed E-state index contributed by atoms with van der Waals surface area (Å²) in [5.41, 5.74) is 15.1. The molecule has 0 amide bonds. The van der Waals surface area contributed by atoms with Crippen LogP contribution in [0.15, 0.2) is 47.4 Å². The molecule has 0 spiro atoms. The molecule has 3 heterocycles. The summed E-state index contributed by atoms with van der Waals surface area (Å²) in [5.74, 6) is 1.84. The Bertz CT molecular complexity index is 1160. The number of benzene rings is 1. The van der Waals surface area contributed by atoms with Crippen LogP contribution >= 0.6 is 0 Å². The van der Waals surface area contributed by atoms with Crippen molar-refractivity contribution in [3.05, 3.63) is 54.2 Å². The molecule has 1 saturated carbocycles. The molecular weight excluding hydrogens is 368 g/mol. The standard InChI is InChI=1S/C20H20N8O/c1-28-16(21)15(11-25-28)17-26-18(27-29-17)20(7-2-8-20)14-5-3-12(4-6-14)13-9-23-19(22)24-10-13/h3-6,9-11H,2,7-8,21H2,1H3,(H2,22,23,24). The van der Waals surface area contributed by atoms with E-state index in [1.165, 1.54) is 0 Å². The van der Waals surface area contributed by atoms with Gasteiger partial charge >= 0.3 is 0 Å². The molecule has 1 aliphatic rings. The fourth-order valence-corrected chi connectivity index (χ4v) is 3.78. The summed E-state index contributed by atoms with van der Waals surface area (Å²) in [7, 11) is 1.78. The van der Waals surface area contributed by atoms with E-state index < -0.39 is 0 Å². The molecule has 1 aromatic carbocycles. The molecule has 1 fully saturated rings. The number of aromatic nitrogens is 6. The van der Waals surface area contributed by atoms with Crippen molar-refractivity contribution in [2.75, 3.05) is 11.5 Å². The number of aryl methyl sites for hydroxylation is 1. The predicted octanol–water partition coefficient (Wildman–Crippen LogP) is 2.56. The Morgan fingerprint density at radius 1 is 1.00 bits per heavy atom. The summed E-state index contributed by atoms with van der Waals surface area (Å²) >= 11 is 0. The van der Waals surface area contributed by atoms with E-state index in [9.17, 15) is 0 Å². The monoisotopic (exact) mass is 388 g/mol. The third kappa shape index (κ3) is 2.74. The summed E-state index contributed by atoms with van der Waals surface area (Å²) in [6.07, 6.45) is 8.15. The molecule has 3 aromatic heterocycles. The van der Waals surface area contributed by atoms with Gasteiger partial charge in [0.2, 0.25) is 5.95 Å². The quantitative estimate of drug-likeness (QED) is 0.544. The van der Waals surface area contributed by atoms with Crippen molar-refractivity contribution >= 4 is 11.8 Å². The van der Waals surface area contributed by atoms with Crippen molar-refractivity contribution in [2.24, 2.45) is 7.05 Å². The first-order chi connectivity index (χ1) is 14.1. The molecule has 4 aromatic rings. The molecule has 0 aliphatic heterocycles. The fraction of sp³-hybridized carbons (Fsp3) is 0.250. The highest BCUT2D eigenvalue weighted by molar-refractivity contribution is 5.66. The minimum Gasteiger partial charge on any atom is -0.383 e. The molecule has 4 N–H and O–H groups in total. The van der Waals surface area contributed by atoms with Crippen LogP contribution in [0.3, 0.4) is 0 Å². The molecule has 1 aliphatic carbocycles. The number of hydrogen-bond acceptors (Lipinski definition) is 8. The average Bonchev–Trinajstić information content (AvgIpc) is 3.30. The highest BCUT2D eigenvalue weighted by Gasteiger charge is 2.44. The van der Waals surface area contributed by atoms with Gasteiger partial charge in [-0.05, 0) is 24.0 Å². The van der Waals surface area contributed by atoms with Gasteiger partial charge in [0.1, 0.15) is 11.4 Å². The van der Waals surface area contributed by atoms with Gasteiger partial charge < -0.3 is 16.0 Å². The van der Waals surface area contributed by atoms with Crippen LogP contribution in [0.1, 0.15) is 30.7 Å². The maximum atomic E-state index is 6.05. The molecule has 29 heavy (non-hydrogen) atoms. The van der Waals surface area contributed by atoms with Gasteiger partial charge in [-0.3, -0.25) is 4.68 Å². The molecule has 9 nitrogen and oxygen atoms in total. The number of nitrogens with two attached hydrogens (primary N) is 2. The van der Waals surface area contributed by atoms with Gasteiger partial charge in [0, 0.05) is 25.0 Å². The Labute approximate surface area is 166 Å². The van der Waals surface area contributed by atoms with E-state index >= 15 is 0 Å². The maximum Gasteiger partial charge on any atom is 0.263 e. The second-order valence-corrected chi connectivity index (χ2v) is 7.33. The highest BCUT2D eigenvalue weighted by atomic mass is 16.5. The minimum absolute atomic E-state index is 0.241. The summed E-state index contributed by atoms with van der Waals surface area (Å²) in [5, 5.41) is 8.44. The van der Waals surface area contributed by atoms with E-state index in [0.717, 1.165) is 36.0 Å². The summed E-state index contributed by atoms with van der Waals surface area (Å²) in [6.45, 7) is 0. The van der Waals surface area contributed by atoms with Gasteiger partial charge in [-0.25, -0.2) is 9.97 Å². The molecule has 0 atom stereocenters. The second kappa shape index (κ2) is 6.40. The third-order valence-corrected chi connectivity index (χ3v) is 5.72. The van der Waals surface area contributed by atoms with Crippen LogP contribution < -0.4 is 11.5 Å². The summed E-state index contributed by atoms with van der Waals surface area (Å²) in [4.78, 5) is 12.8. The van der Waals surface area contributed by atoms with Crippen molar-refractivity contribution in [3.8, 4) is 22.6 Å². The van der Waals surface area contributed by atoms with Crippen LogP contribution in [-0.4, -0.2) is 29.9 Å². The Balaban J connectivity index is 1.48. The number of rotatable bonds is 4. The van der Waals surface area contributed by atoms with Gasteiger partial charge in [0.15, 0.2) is 5.82 Å². The zero-order chi connectivity index (χ0) is 20.0. The molecule has 9 heteroatoms. The topological polar surface area (TPSA) is 135 Å². The van der Waals surface area contributed by atoms with Crippen LogP contribution in [0.2, 0.25) is 0 Å². The molecule has 0 unspecified atom stereocenters. The fourth-order valence-electron chi connectivity index (χ4n) is 3.78. The highest BCUT2D eigenvalue weighted by Crippen LogP contribution is 2.48. The van der Waals surface area contributed by atoms with Gasteiger partial charge in [0.05, 0.1) is 11.6 Å². The van der Waals surface area contributed by atoms with Crippen LogP contribution in [-0.2, 0) is 12.5 Å². The van der Waals surface area contributed by atoms with E-state index in [0.29, 0.717) is 23.1 Å². The first-order valence-electron chi connectivity index (χ1n) is 9.37. The Hall–Kier alpha value is -3.75. The van der Waals surface area contributed by atoms with Crippen molar-refractivity contribution in [1.82, 2.24) is 29.9 Å². The summed E-state index contributed by atoms with van der Waals surface area (Å²) in [6, 6.07) is 8.34. The first-order valence-corrected chi connectivity index (χ1v) is 9.37. The van der Waals surface area contributed by atoms with Crippen LogP contribution in [0.4, 0.5) is 11.8 Å². The largest absolute Gasteiger partial charge is 0.383 e. The van der Waals surface area contributed by atoms with E-state index in [-0.39, 0.29) is 11.4 Å². The average molecular weight is 388 g/mol. The van der Waals surface area contributed by atoms with E-state index in [1.54, 1.807) is 30.3 Å². The number of nitrogens with zero attached hydrogens (tertiary/aromatic N) is 6. The van der Waals surface area contributed by atoms with Crippen molar-refractivity contribution in [2.45, 2.75) is 24.7 Å². The van der Waals surface area contributed by atoms with E-state index in [1.807, 2.05) is 0 Å². The molecule has 146 valence electrons. The van der Waals surface area contributed by atoms with Crippen LogP contribution in [0, 0.1) is 0 Å². The lowest BCUT2D eigenvalue weighted by Gasteiger charge is -2.39. The van der Waals surface area contributed by atoms with Crippen molar-refractivity contribution < 1.29 is 4.52 Å². The second-order valence-electron chi connectivity index (χ2n) is 7.33. The van der Waals surface area contributed by atoms with Gasteiger partial charge in [-0.2, -0.15) is 10.1 Å². The molecule has 5 rings (SSSR count). The number of anilines is 2. The maximum absolute atomic E-state index is 6.05. The van der Waals surface area contributed by atoms with Gasteiger partial charge in [0.25, 0.3) is 5.89 Å². The normalized spacial score (nSPS) is 15.2. The number of hydrogen-bond donors (Lipinski definition) is 2. The molecule has 0 saturated heterocycles. The molecular formula is C20H20N8O. The van der Waals surface area contributed by atoms with E-state index in [4.69, 9.17) is 16.0 Å². The Morgan fingerprint density at radius 2 is 1.72 bits per heavy atom. The van der Waals surface area contributed by atoms with Crippen LogP contribution in [0.5, 0.6) is 0 Å². The molecule has 0 radical (unpaired) electrons. The lowest BCUT2D eigenvalue weighted by atomic mass is 9.64. The first kappa shape index (κ1) is 17.4. The third-order valence-electron chi connectivity index (χ3n) is 5.72. The lowest BCUT2D eigenvalue weighted by molar-refractivity contribution is 0.273. The predicted molar refractivity (Wildman–Crippen MR) is 107 cm³/mol. The Morgan fingerprint density at radius 3 is 2.31 bits per heavy atom. The van der Waals surface area contributed by atoms with E-state index in [2.05, 4.69) is 49.5 Å². The smallest absolute Gasteiger partial charge is 0.263 e. The van der Waals surface area contributed by atoms with Gasteiger partial charge in [-0.1, -0.05) is 35.8 Å². The summed E-state index contributed by atoms with van der Waals surface area (Å²) < 4.78 is 7.11. The van der Waals surface area contributed by atoms with Gasteiger partial charge in [-0.15, -0.1) is 0 Å². The Kier molecular flexibility index (Phi) is 3.83. The van der Waals surface area contributed by atoms with Crippen LogP contribution in [0.25, 0.3) is 22.6 Å². The van der Waals surface area contributed by atoms with Crippen molar-refractivity contribution in [1.29, 1.82) is 0 Å². The lowest BCUT2D eigenvalue weighted by Crippen LogP contribution is -2.36. The zero-order valence-corrected chi connectivity index (χ0v) is 15.9. The molecule has 0 bridgehead atoms.